The van der Waals surface area contributed by atoms with Gasteiger partial charge in [-0.2, -0.15) is 5.10 Å². The largest absolute Gasteiger partial charge is 0.352 e. The molecule has 0 atom stereocenters. The van der Waals surface area contributed by atoms with Crippen LogP contribution < -0.4 is 5.32 Å². The van der Waals surface area contributed by atoms with Crippen LogP contribution >= 0.6 is 0 Å². The number of amides is 1. The lowest BCUT2D eigenvalue weighted by atomic mass is 10.1. The average Bonchev–Trinajstić information content (AvgIpc) is 2.91. The highest BCUT2D eigenvalue weighted by molar-refractivity contribution is 5.79. The fourth-order valence-electron chi connectivity index (χ4n) is 2.85. The Morgan fingerprint density at radius 3 is 2.58 bits per heavy atom. The third kappa shape index (κ3) is 3.79. The number of hydrogen-bond donors (Lipinski definition) is 1. The minimum absolute atomic E-state index is 0.0622. The van der Waals surface area contributed by atoms with Gasteiger partial charge in [0.25, 0.3) is 0 Å². The number of halogens is 2. The minimum atomic E-state index is -0.545. The SMILES string of the molecule is Cc1nn(-c2ccccc2)c(C)c1CC(=O)NCc1cc(F)ccc1F. The molecule has 1 amide bonds. The van der Waals surface area contributed by atoms with Gasteiger partial charge in [0, 0.05) is 23.4 Å². The van der Waals surface area contributed by atoms with Gasteiger partial charge in [-0.3, -0.25) is 4.79 Å². The number of aryl methyl sites for hydroxylation is 1. The molecule has 0 aliphatic rings. The fourth-order valence-corrected chi connectivity index (χ4v) is 2.85. The Hall–Kier alpha value is -3.02. The first-order chi connectivity index (χ1) is 12.5. The molecule has 3 aromatic rings. The number of carbonyl (C=O) groups is 1. The van der Waals surface area contributed by atoms with E-state index in [1.165, 1.54) is 0 Å². The van der Waals surface area contributed by atoms with Crippen LogP contribution in [0.3, 0.4) is 0 Å². The molecule has 6 heteroatoms. The summed E-state index contributed by atoms with van der Waals surface area (Å²) in [6.07, 6.45) is 0.126. The molecule has 26 heavy (non-hydrogen) atoms. The van der Waals surface area contributed by atoms with Gasteiger partial charge in [0.2, 0.25) is 5.91 Å². The molecular weight excluding hydrogens is 336 g/mol. The number of para-hydroxylation sites is 1. The Morgan fingerprint density at radius 2 is 1.85 bits per heavy atom. The van der Waals surface area contributed by atoms with Crippen LogP contribution in [0.1, 0.15) is 22.5 Å². The number of hydrogen-bond acceptors (Lipinski definition) is 2. The van der Waals surface area contributed by atoms with E-state index in [9.17, 15) is 13.6 Å². The van der Waals surface area contributed by atoms with Gasteiger partial charge in [0.1, 0.15) is 11.6 Å². The summed E-state index contributed by atoms with van der Waals surface area (Å²) in [5, 5.41) is 7.14. The van der Waals surface area contributed by atoms with E-state index in [1.54, 1.807) is 4.68 Å². The highest BCUT2D eigenvalue weighted by atomic mass is 19.1. The summed E-state index contributed by atoms with van der Waals surface area (Å²) in [5.41, 5.74) is 3.50. The van der Waals surface area contributed by atoms with Crippen molar-refractivity contribution in [1.29, 1.82) is 0 Å². The Balaban J connectivity index is 1.72. The van der Waals surface area contributed by atoms with Crippen LogP contribution in [0.4, 0.5) is 8.78 Å². The summed E-state index contributed by atoms with van der Waals surface area (Å²) in [6.45, 7) is 3.69. The van der Waals surface area contributed by atoms with Crippen molar-refractivity contribution in [3.8, 4) is 5.69 Å². The summed E-state index contributed by atoms with van der Waals surface area (Å²) < 4.78 is 28.6. The monoisotopic (exact) mass is 355 g/mol. The Morgan fingerprint density at radius 1 is 1.12 bits per heavy atom. The average molecular weight is 355 g/mol. The third-order valence-electron chi connectivity index (χ3n) is 4.26. The van der Waals surface area contributed by atoms with E-state index in [-0.39, 0.29) is 24.4 Å². The fraction of sp³-hybridized carbons (Fsp3) is 0.200. The van der Waals surface area contributed by atoms with Crippen molar-refractivity contribution in [3.63, 3.8) is 0 Å². The molecule has 1 aromatic heterocycles. The topological polar surface area (TPSA) is 46.9 Å². The summed E-state index contributed by atoms with van der Waals surface area (Å²) >= 11 is 0. The van der Waals surface area contributed by atoms with Gasteiger partial charge in [-0.15, -0.1) is 0 Å². The van der Waals surface area contributed by atoms with Crippen molar-refractivity contribution in [2.75, 3.05) is 0 Å². The molecule has 0 radical (unpaired) electrons. The van der Waals surface area contributed by atoms with E-state index < -0.39 is 11.6 Å². The van der Waals surface area contributed by atoms with Crippen LogP contribution in [-0.4, -0.2) is 15.7 Å². The predicted octanol–water partition coefficient (Wildman–Crippen LogP) is 3.63. The highest BCUT2D eigenvalue weighted by Gasteiger charge is 2.16. The Bertz CT molecular complexity index is 936. The van der Waals surface area contributed by atoms with E-state index in [4.69, 9.17) is 0 Å². The highest BCUT2D eigenvalue weighted by Crippen LogP contribution is 2.18. The number of benzene rings is 2. The number of nitrogens with one attached hydrogen (secondary N) is 1. The Kier molecular flexibility index (Phi) is 5.11. The lowest BCUT2D eigenvalue weighted by Gasteiger charge is -2.08. The minimum Gasteiger partial charge on any atom is -0.352 e. The van der Waals surface area contributed by atoms with E-state index in [0.29, 0.717) is 0 Å². The molecule has 0 bridgehead atoms. The summed E-state index contributed by atoms with van der Waals surface area (Å²) in [6, 6.07) is 12.8. The lowest BCUT2D eigenvalue weighted by molar-refractivity contribution is -0.120. The van der Waals surface area contributed by atoms with Gasteiger partial charge < -0.3 is 5.32 Å². The van der Waals surface area contributed by atoms with E-state index in [2.05, 4.69) is 10.4 Å². The molecule has 134 valence electrons. The first-order valence-corrected chi connectivity index (χ1v) is 8.27. The van der Waals surface area contributed by atoms with Crippen molar-refractivity contribution in [2.45, 2.75) is 26.8 Å². The zero-order valence-corrected chi connectivity index (χ0v) is 14.6. The maximum atomic E-state index is 13.6. The Labute approximate surface area is 150 Å². The van der Waals surface area contributed by atoms with Crippen molar-refractivity contribution < 1.29 is 13.6 Å². The molecular formula is C20H19F2N3O. The summed E-state index contributed by atoms with van der Waals surface area (Å²) in [7, 11) is 0. The van der Waals surface area contributed by atoms with Gasteiger partial charge in [0.15, 0.2) is 0 Å². The zero-order chi connectivity index (χ0) is 18.7. The molecule has 0 saturated heterocycles. The maximum Gasteiger partial charge on any atom is 0.224 e. The molecule has 0 saturated carbocycles. The first kappa shape index (κ1) is 17.8. The normalized spacial score (nSPS) is 10.8. The second-order valence-corrected chi connectivity index (χ2v) is 6.09. The maximum absolute atomic E-state index is 13.6. The molecule has 2 aromatic carbocycles. The van der Waals surface area contributed by atoms with Crippen molar-refractivity contribution in [3.05, 3.63) is 82.7 Å². The first-order valence-electron chi connectivity index (χ1n) is 8.27. The van der Waals surface area contributed by atoms with Gasteiger partial charge >= 0.3 is 0 Å². The zero-order valence-electron chi connectivity index (χ0n) is 14.6. The quantitative estimate of drug-likeness (QED) is 0.760. The van der Waals surface area contributed by atoms with Crippen molar-refractivity contribution >= 4 is 5.91 Å². The van der Waals surface area contributed by atoms with Crippen molar-refractivity contribution in [1.82, 2.24) is 15.1 Å². The summed E-state index contributed by atoms with van der Waals surface area (Å²) in [5.74, 6) is -1.35. The molecule has 0 aliphatic carbocycles. The molecule has 3 rings (SSSR count). The van der Waals surface area contributed by atoms with Crippen LogP contribution in [-0.2, 0) is 17.8 Å². The van der Waals surface area contributed by atoms with Gasteiger partial charge in [-0.1, -0.05) is 18.2 Å². The van der Waals surface area contributed by atoms with Gasteiger partial charge in [-0.25, -0.2) is 13.5 Å². The van der Waals surface area contributed by atoms with Crippen LogP contribution in [0.2, 0.25) is 0 Å². The molecule has 0 spiro atoms. The number of carbonyl (C=O) groups excluding carboxylic acids is 1. The molecule has 4 nitrogen and oxygen atoms in total. The lowest BCUT2D eigenvalue weighted by Crippen LogP contribution is -2.25. The van der Waals surface area contributed by atoms with Crippen LogP contribution in [0, 0.1) is 25.5 Å². The number of rotatable bonds is 5. The predicted molar refractivity (Wildman–Crippen MR) is 94.9 cm³/mol. The van der Waals surface area contributed by atoms with E-state index >= 15 is 0 Å². The number of nitrogens with zero attached hydrogens (tertiary/aromatic N) is 2. The van der Waals surface area contributed by atoms with Crippen LogP contribution in [0.25, 0.3) is 5.69 Å². The van der Waals surface area contributed by atoms with Gasteiger partial charge in [0.05, 0.1) is 17.8 Å². The standard InChI is InChI=1S/C20H19F2N3O/c1-13-18(14(2)25(24-13)17-6-4-3-5-7-17)11-20(26)23-12-15-10-16(21)8-9-19(15)22/h3-10H,11-12H2,1-2H3,(H,23,26). The van der Waals surface area contributed by atoms with Crippen LogP contribution in [0.5, 0.6) is 0 Å². The second-order valence-electron chi connectivity index (χ2n) is 6.09. The van der Waals surface area contributed by atoms with E-state index in [0.717, 1.165) is 40.8 Å². The third-order valence-corrected chi connectivity index (χ3v) is 4.26. The molecule has 0 unspecified atom stereocenters. The second kappa shape index (κ2) is 7.47. The molecule has 1 heterocycles. The number of aromatic nitrogens is 2. The van der Waals surface area contributed by atoms with Crippen LogP contribution in [0.15, 0.2) is 48.5 Å². The summed E-state index contributed by atoms with van der Waals surface area (Å²) in [4.78, 5) is 12.3. The van der Waals surface area contributed by atoms with Gasteiger partial charge in [-0.05, 0) is 44.2 Å². The smallest absolute Gasteiger partial charge is 0.224 e. The molecule has 1 N–H and O–H groups in total. The molecule has 0 aliphatic heterocycles. The van der Waals surface area contributed by atoms with Crippen molar-refractivity contribution in [2.24, 2.45) is 0 Å². The van der Waals surface area contributed by atoms with E-state index in [1.807, 2.05) is 44.2 Å². The molecule has 0 fully saturated rings.